The van der Waals surface area contributed by atoms with Gasteiger partial charge in [-0.3, -0.25) is 4.72 Å². The molecule has 2 aromatic rings. The van der Waals surface area contributed by atoms with Crippen LogP contribution >= 0.6 is 0 Å². The number of hydrogen-bond donors (Lipinski definition) is 1. The molecule has 128 valence electrons. The van der Waals surface area contributed by atoms with E-state index in [1.807, 2.05) is 38.1 Å². The first-order valence-electron chi connectivity index (χ1n) is 8.21. The highest BCUT2D eigenvalue weighted by molar-refractivity contribution is 7.92. The third-order valence-electron chi connectivity index (χ3n) is 4.64. The molecule has 0 saturated heterocycles. The lowest BCUT2D eigenvalue weighted by molar-refractivity contribution is 0.401. The molecule has 0 bridgehead atoms. The van der Waals surface area contributed by atoms with Gasteiger partial charge in [-0.2, -0.15) is 0 Å². The van der Waals surface area contributed by atoms with Gasteiger partial charge in [0.2, 0.25) is 0 Å². The number of nitrogens with one attached hydrogen (secondary N) is 1. The Morgan fingerprint density at radius 1 is 1.00 bits per heavy atom. The Morgan fingerprint density at radius 3 is 2.17 bits per heavy atom. The van der Waals surface area contributed by atoms with E-state index in [0.717, 1.165) is 42.4 Å². The molecule has 0 fully saturated rings. The number of fused-ring (bicyclic) bond motifs is 1. The van der Waals surface area contributed by atoms with Crippen molar-refractivity contribution in [3.8, 4) is 5.75 Å². The Labute approximate surface area is 143 Å². The van der Waals surface area contributed by atoms with Crippen LogP contribution in [-0.2, 0) is 22.9 Å². The van der Waals surface area contributed by atoms with Gasteiger partial charge in [-0.1, -0.05) is 18.2 Å². The Kier molecular flexibility index (Phi) is 4.54. The van der Waals surface area contributed by atoms with Gasteiger partial charge >= 0.3 is 0 Å². The van der Waals surface area contributed by atoms with Crippen molar-refractivity contribution in [2.45, 2.75) is 44.4 Å². The molecule has 2 aromatic carbocycles. The number of para-hydroxylation sites is 1. The molecule has 0 aromatic heterocycles. The van der Waals surface area contributed by atoms with Gasteiger partial charge in [0.15, 0.2) is 0 Å². The average molecular weight is 345 g/mol. The number of rotatable bonds is 4. The molecule has 5 heteroatoms. The number of aryl methyl sites for hydroxylation is 4. The smallest absolute Gasteiger partial charge is 0.265 e. The highest BCUT2D eigenvalue weighted by atomic mass is 32.2. The summed E-state index contributed by atoms with van der Waals surface area (Å²) in [7, 11) is -2.19. The maximum Gasteiger partial charge on any atom is 0.265 e. The third kappa shape index (κ3) is 3.13. The van der Waals surface area contributed by atoms with Gasteiger partial charge < -0.3 is 4.74 Å². The van der Waals surface area contributed by atoms with Crippen LogP contribution in [-0.4, -0.2) is 15.5 Å². The molecule has 0 amide bonds. The molecule has 4 nitrogen and oxygen atoms in total. The van der Waals surface area contributed by atoms with E-state index in [2.05, 4.69) is 4.72 Å². The summed E-state index contributed by atoms with van der Waals surface area (Å²) in [5.74, 6) is 0.411. The highest BCUT2D eigenvalue weighted by Gasteiger charge is 2.24. The molecule has 0 atom stereocenters. The Balaban J connectivity index is 2.06. The number of benzene rings is 2. The molecule has 0 saturated carbocycles. The summed E-state index contributed by atoms with van der Waals surface area (Å²) in [5.41, 5.74) is 4.75. The van der Waals surface area contributed by atoms with Crippen molar-refractivity contribution >= 4 is 15.7 Å². The van der Waals surface area contributed by atoms with E-state index in [9.17, 15) is 8.42 Å². The van der Waals surface area contributed by atoms with Gasteiger partial charge in [0.25, 0.3) is 10.0 Å². The minimum Gasteiger partial charge on any atom is -0.495 e. The zero-order valence-electron chi connectivity index (χ0n) is 14.3. The van der Waals surface area contributed by atoms with Gasteiger partial charge in [0.1, 0.15) is 10.6 Å². The van der Waals surface area contributed by atoms with Gasteiger partial charge in [-0.25, -0.2) is 8.42 Å². The topological polar surface area (TPSA) is 55.4 Å². The largest absolute Gasteiger partial charge is 0.495 e. The quantitative estimate of drug-likeness (QED) is 0.911. The number of ether oxygens (including phenoxy) is 1. The summed E-state index contributed by atoms with van der Waals surface area (Å²) >= 11 is 0. The van der Waals surface area contributed by atoms with E-state index in [0.29, 0.717) is 11.4 Å². The Morgan fingerprint density at radius 2 is 1.58 bits per heavy atom. The van der Waals surface area contributed by atoms with E-state index in [1.54, 1.807) is 6.07 Å². The second-order valence-electron chi connectivity index (χ2n) is 6.35. The summed E-state index contributed by atoms with van der Waals surface area (Å²) in [6.07, 6.45) is 4.15. The van der Waals surface area contributed by atoms with Crippen LogP contribution in [0.15, 0.2) is 35.2 Å². The molecule has 1 aliphatic rings. The molecule has 0 spiro atoms. The second-order valence-corrected chi connectivity index (χ2v) is 8.00. The summed E-state index contributed by atoms with van der Waals surface area (Å²) in [6.45, 7) is 3.80. The standard InChI is InChI=1S/C19H23NO3S/c1-13-7-6-8-14(2)19(13)20-24(21,22)18-12-16-10-5-4-9-15(16)11-17(18)23-3/h6-8,11-12,20H,4-5,9-10H2,1-3H3. The number of hydrogen-bond acceptors (Lipinski definition) is 3. The van der Waals surface area contributed by atoms with Crippen molar-refractivity contribution in [3.05, 3.63) is 52.6 Å². The first-order valence-corrected chi connectivity index (χ1v) is 9.69. The van der Waals surface area contributed by atoms with E-state index >= 15 is 0 Å². The van der Waals surface area contributed by atoms with Gasteiger partial charge in [-0.05, 0) is 73.9 Å². The van der Waals surface area contributed by atoms with Crippen LogP contribution in [0.3, 0.4) is 0 Å². The van der Waals surface area contributed by atoms with Crippen molar-refractivity contribution in [2.24, 2.45) is 0 Å². The van der Waals surface area contributed by atoms with Crippen molar-refractivity contribution in [3.63, 3.8) is 0 Å². The number of sulfonamides is 1. The van der Waals surface area contributed by atoms with Crippen LogP contribution in [0.5, 0.6) is 5.75 Å². The molecule has 0 heterocycles. The fraction of sp³-hybridized carbons (Fsp3) is 0.368. The average Bonchev–Trinajstić information content (AvgIpc) is 2.57. The van der Waals surface area contributed by atoms with E-state index in [-0.39, 0.29) is 4.90 Å². The van der Waals surface area contributed by atoms with Gasteiger partial charge in [0.05, 0.1) is 12.8 Å². The zero-order chi connectivity index (χ0) is 17.3. The molecule has 1 N–H and O–H groups in total. The molecule has 1 aliphatic carbocycles. The molecule has 0 unspecified atom stereocenters. The predicted molar refractivity (Wildman–Crippen MR) is 96.4 cm³/mol. The van der Waals surface area contributed by atoms with Crippen LogP contribution in [0.25, 0.3) is 0 Å². The molecule has 24 heavy (non-hydrogen) atoms. The summed E-state index contributed by atoms with van der Waals surface area (Å²) in [4.78, 5) is 0.216. The fourth-order valence-corrected chi connectivity index (χ4v) is 4.68. The lowest BCUT2D eigenvalue weighted by Crippen LogP contribution is -2.17. The van der Waals surface area contributed by atoms with Crippen LogP contribution in [0, 0.1) is 13.8 Å². The van der Waals surface area contributed by atoms with Crippen LogP contribution in [0.4, 0.5) is 5.69 Å². The van der Waals surface area contributed by atoms with Crippen LogP contribution in [0.2, 0.25) is 0 Å². The lowest BCUT2D eigenvalue weighted by Gasteiger charge is -2.20. The fourth-order valence-electron chi connectivity index (χ4n) is 3.27. The van der Waals surface area contributed by atoms with E-state index in [4.69, 9.17) is 4.74 Å². The summed E-state index contributed by atoms with van der Waals surface area (Å²) in [5, 5.41) is 0. The first kappa shape index (κ1) is 16.8. The summed E-state index contributed by atoms with van der Waals surface area (Å²) < 4.78 is 34.1. The molecule has 0 aliphatic heterocycles. The van der Waals surface area contributed by atoms with Crippen molar-refractivity contribution < 1.29 is 13.2 Å². The molecular formula is C19H23NO3S. The highest BCUT2D eigenvalue weighted by Crippen LogP contribution is 2.33. The number of methoxy groups -OCH3 is 1. The number of anilines is 1. The van der Waals surface area contributed by atoms with Crippen molar-refractivity contribution in [2.75, 3.05) is 11.8 Å². The molecule has 0 radical (unpaired) electrons. The predicted octanol–water partition coefficient (Wildman–Crippen LogP) is 3.99. The molecule has 3 rings (SSSR count). The van der Waals surface area contributed by atoms with Crippen molar-refractivity contribution in [1.29, 1.82) is 0 Å². The van der Waals surface area contributed by atoms with Gasteiger partial charge in [0, 0.05) is 0 Å². The van der Waals surface area contributed by atoms with Gasteiger partial charge in [-0.15, -0.1) is 0 Å². The minimum absolute atomic E-state index is 0.216. The minimum atomic E-state index is -3.71. The maximum absolute atomic E-state index is 13.0. The monoisotopic (exact) mass is 345 g/mol. The third-order valence-corrected chi connectivity index (χ3v) is 6.01. The normalized spacial score (nSPS) is 14.1. The first-order chi connectivity index (χ1) is 11.4. The zero-order valence-corrected chi connectivity index (χ0v) is 15.2. The SMILES string of the molecule is COc1cc2c(cc1S(=O)(=O)Nc1c(C)cccc1C)CCCC2. The molecular weight excluding hydrogens is 322 g/mol. The second kappa shape index (κ2) is 6.48. The van der Waals surface area contributed by atoms with Crippen LogP contribution in [0.1, 0.15) is 35.1 Å². The lowest BCUT2D eigenvalue weighted by atomic mass is 9.92. The Hall–Kier alpha value is -2.01. The van der Waals surface area contributed by atoms with E-state index < -0.39 is 10.0 Å². The van der Waals surface area contributed by atoms with E-state index in [1.165, 1.54) is 12.7 Å². The van der Waals surface area contributed by atoms with Crippen molar-refractivity contribution in [1.82, 2.24) is 0 Å². The maximum atomic E-state index is 13.0. The van der Waals surface area contributed by atoms with Crippen LogP contribution < -0.4 is 9.46 Å². The Bertz CT molecular complexity index is 852. The summed E-state index contributed by atoms with van der Waals surface area (Å²) in [6, 6.07) is 9.38.